The molecule has 0 saturated carbocycles. The maximum Gasteiger partial charge on any atom is 0.275 e. The second-order valence-electron chi connectivity index (χ2n) is 5.32. The van der Waals surface area contributed by atoms with E-state index in [0.29, 0.717) is 5.75 Å². The van der Waals surface area contributed by atoms with E-state index in [1.165, 1.54) is 36.4 Å². The van der Waals surface area contributed by atoms with Gasteiger partial charge in [-0.15, -0.1) is 0 Å². The van der Waals surface area contributed by atoms with Crippen molar-refractivity contribution in [3.8, 4) is 11.5 Å². The summed E-state index contributed by atoms with van der Waals surface area (Å²) in [5.74, 6) is -0.737. The maximum atomic E-state index is 13.7. The highest BCUT2D eigenvalue weighted by atomic mass is 19.1. The van der Waals surface area contributed by atoms with Crippen molar-refractivity contribution >= 4 is 17.3 Å². The summed E-state index contributed by atoms with van der Waals surface area (Å²) in [6.45, 7) is 0. The number of amides is 1. The molecule has 0 aromatic heterocycles. The number of hydrogen-bond donors (Lipinski definition) is 1. The summed E-state index contributed by atoms with van der Waals surface area (Å²) in [5, 5.41) is 13.6. The van der Waals surface area contributed by atoms with Crippen molar-refractivity contribution in [3.05, 3.63) is 94.3 Å². The Morgan fingerprint density at radius 3 is 2.35 bits per heavy atom. The molecule has 130 valence electrons. The summed E-state index contributed by atoms with van der Waals surface area (Å²) in [7, 11) is 0. The zero-order valence-electron chi connectivity index (χ0n) is 13.4. The van der Waals surface area contributed by atoms with E-state index in [1.807, 2.05) is 0 Å². The fourth-order valence-electron chi connectivity index (χ4n) is 2.29. The highest BCUT2D eigenvalue weighted by Crippen LogP contribution is 2.30. The molecule has 0 atom stereocenters. The van der Waals surface area contributed by atoms with Crippen LogP contribution in [0, 0.1) is 15.9 Å². The standard InChI is InChI=1S/C19H13FN2O4/c20-18-9-5-4-8-17(18)19(23)21-13-10-14(22(24)25)12-16(11-13)26-15-6-2-1-3-7-15/h1-12H,(H,21,23). The molecule has 1 amide bonds. The van der Waals surface area contributed by atoms with Crippen LogP contribution in [0.3, 0.4) is 0 Å². The first kappa shape index (κ1) is 17.1. The Kier molecular flexibility index (Phi) is 4.89. The predicted octanol–water partition coefficient (Wildman–Crippen LogP) is 4.78. The summed E-state index contributed by atoms with van der Waals surface area (Å²) in [4.78, 5) is 22.8. The summed E-state index contributed by atoms with van der Waals surface area (Å²) in [5.41, 5.74) is -0.301. The van der Waals surface area contributed by atoms with Crippen LogP contribution in [0.15, 0.2) is 72.8 Å². The van der Waals surface area contributed by atoms with Crippen LogP contribution in [0.1, 0.15) is 10.4 Å². The molecule has 1 N–H and O–H groups in total. The second-order valence-corrected chi connectivity index (χ2v) is 5.32. The molecule has 0 aliphatic heterocycles. The van der Waals surface area contributed by atoms with Gasteiger partial charge in [-0.3, -0.25) is 14.9 Å². The van der Waals surface area contributed by atoms with Gasteiger partial charge in [0.25, 0.3) is 11.6 Å². The van der Waals surface area contributed by atoms with Gasteiger partial charge in [-0.25, -0.2) is 4.39 Å². The van der Waals surface area contributed by atoms with Gasteiger partial charge >= 0.3 is 0 Å². The molecule has 0 bridgehead atoms. The van der Waals surface area contributed by atoms with Gasteiger partial charge in [0, 0.05) is 12.1 Å². The van der Waals surface area contributed by atoms with Crippen LogP contribution in [0.5, 0.6) is 11.5 Å². The summed E-state index contributed by atoms with van der Waals surface area (Å²) in [6.07, 6.45) is 0. The molecule has 6 nitrogen and oxygen atoms in total. The fourth-order valence-corrected chi connectivity index (χ4v) is 2.29. The quantitative estimate of drug-likeness (QED) is 0.529. The number of ether oxygens (including phenoxy) is 1. The molecule has 7 heteroatoms. The SMILES string of the molecule is O=C(Nc1cc(Oc2ccccc2)cc([N+](=O)[O-])c1)c1ccccc1F. The molecule has 0 unspecified atom stereocenters. The fraction of sp³-hybridized carbons (Fsp3) is 0. The van der Waals surface area contributed by atoms with E-state index in [9.17, 15) is 19.3 Å². The van der Waals surface area contributed by atoms with Crippen LogP contribution in [-0.2, 0) is 0 Å². The van der Waals surface area contributed by atoms with Crippen LogP contribution in [0.2, 0.25) is 0 Å². The molecule has 0 saturated heterocycles. The minimum atomic E-state index is -0.714. The van der Waals surface area contributed by atoms with E-state index in [1.54, 1.807) is 30.3 Å². The normalized spacial score (nSPS) is 10.2. The predicted molar refractivity (Wildman–Crippen MR) is 94.0 cm³/mol. The lowest BCUT2D eigenvalue weighted by molar-refractivity contribution is -0.384. The number of nitro groups is 1. The number of nitrogens with zero attached hydrogens (tertiary/aromatic N) is 1. The Bertz CT molecular complexity index is 961. The number of benzene rings is 3. The third-order valence-electron chi connectivity index (χ3n) is 3.46. The number of carbonyl (C=O) groups excluding carboxylic acids is 1. The van der Waals surface area contributed by atoms with Gasteiger partial charge in [-0.2, -0.15) is 0 Å². The van der Waals surface area contributed by atoms with Gasteiger partial charge in [0.2, 0.25) is 0 Å². The van der Waals surface area contributed by atoms with Crippen LogP contribution in [0.4, 0.5) is 15.8 Å². The van der Waals surface area contributed by atoms with Crippen molar-refractivity contribution in [3.63, 3.8) is 0 Å². The molecule has 3 aromatic carbocycles. The Morgan fingerprint density at radius 1 is 0.962 bits per heavy atom. The third-order valence-corrected chi connectivity index (χ3v) is 3.46. The first-order valence-corrected chi connectivity index (χ1v) is 7.61. The summed E-state index contributed by atoms with van der Waals surface area (Å²) in [6, 6.07) is 18.0. The van der Waals surface area contributed by atoms with Gasteiger partial charge in [0.15, 0.2) is 0 Å². The molecule has 26 heavy (non-hydrogen) atoms. The van der Waals surface area contributed by atoms with E-state index in [2.05, 4.69) is 5.32 Å². The summed E-state index contributed by atoms with van der Waals surface area (Å²) >= 11 is 0. The van der Waals surface area contributed by atoms with Crippen molar-refractivity contribution < 1.29 is 18.8 Å². The maximum absolute atomic E-state index is 13.7. The number of hydrogen-bond acceptors (Lipinski definition) is 4. The van der Waals surface area contributed by atoms with Gasteiger partial charge in [0.05, 0.1) is 22.2 Å². The molecule has 0 fully saturated rings. The average Bonchev–Trinajstić information content (AvgIpc) is 2.62. The molecule has 3 aromatic rings. The van der Waals surface area contributed by atoms with Crippen molar-refractivity contribution in [2.24, 2.45) is 0 Å². The van der Waals surface area contributed by atoms with E-state index >= 15 is 0 Å². The largest absolute Gasteiger partial charge is 0.457 e. The zero-order chi connectivity index (χ0) is 18.5. The minimum Gasteiger partial charge on any atom is -0.457 e. The summed E-state index contributed by atoms with van der Waals surface area (Å²) < 4.78 is 19.3. The topological polar surface area (TPSA) is 81.5 Å². The number of halogens is 1. The number of nitrogens with one attached hydrogen (secondary N) is 1. The number of rotatable bonds is 5. The lowest BCUT2D eigenvalue weighted by Gasteiger charge is -2.10. The van der Waals surface area contributed by atoms with Crippen LogP contribution in [-0.4, -0.2) is 10.8 Å². The van der Waals surface area contributed by atoms with Crippen molar-refractivity contribution in [2.45, 2.75) is 0 Å². The Morgan fingerprint density at radius 2 is 1.65 bits per heavy atom. The molecule has 3 rings (SSSR count). The van der Waals surface area contributed by atoms with Crippen LogP contribution < -0.4 is 10.1 Å². The number of anilines is 1. The second kappa shape index (κ2) is 7.43. The van der Waals surface area contributed by atoms with Crippen LogP contribution >= 0.6 is 0 Å². The lowest BCUT2D eigenvalue weighted by atomic mass is 10.2. The molecule has 0 radical (unpaired) electrons. The van der Waals surface area contributed by atoms with E-state index in [-0.39, 0.29) is 22.7 Å². The first-order valence-electron chi connectivity index (χ1n) is 7.61. The average molecular weight is 352 g/mol. The number of non-ortho nitro benzene ring substituents is 1. The van der Waals surface area contributed by atoms with E-state index < -0.39 is 16.6 Å². The number of para-hydroxylation sites is 1. The highest BCUT2D eigenvalue weighted by molar-refractivity contribution is 6.04. The smallest absolute Gasteiger partial charge is 0.275 e. The highest BCUT2D eigenvalue weighted by Gasteiger charge is 2.15. The van der Waals surface area contributed by atoms with Crippen molar-refractivity contribution in [1.82, 2.24) is 0 Å². The van der Waals surface area contributed by atoms with Crippen molar-refractivity contribution in [2.75, 3.05) is 5.32 Å². The van der Waals surface area contributed by atoms with E-state index in [4.69, 9.17) is 4.74 Å². The van der Waals surface area contributed by atoms with Gasteiger partial charge < -0.3 is 10.1 Å². The third kappa shape index (κ3) is 4.02. The Labute approximate surface area is 148 Å². The van der Waals surface area contributed by atoms with Gasteiger partial charge in [-0.1, -0.05) is 30.3 Å². The molecular weight excluding hydrogens is 339 g/mol. The monoisotopic (exact) mass is 352 g/mol. The van der Waals surface area contributed by atoms with Crippen LogP contribution in [0.25, 0.3) is 0 Å². The molecular formula is C19H13FN2O4. The first-order chi connectivity index (χ1) is 12.5. The molecule has 0 spiro atoms. The molecule has 0 heterocycles. The minimum absolute atomic E-state index is 0.124. The van der Waals surface area contributed by atoms with Gasteiger partial charge in [0.1, 0.15) is 17.3 Å². The Hall–Kier alpha value is -3.74. The number of nitro benzene ring substituents is 1. The Balaban J connectivity index is 1.90. The van der Waals surface area contributed by atoms with Gasteiger partial charge in [-0.05, 0) is 24.3 Å². The van der Waals surface area contributed by atoms with Crippen molar-refractivity contribution in [1.29, 1.82) is 0 Å². The van der Waals surface area contributed by atoms with E-state index in [0.717, 1.165) is 6.07 Å². The molecule has 0 aliphatic carbocycles. The zero-order valence-corrected chi connectivity index (χ0v) is 13.4. The number of carbonyl (C=O) groups is 1. The molecule has 0 aliphatic rings. The lowest BCUT2D eigenvalue weighted by Crippen LogP contribution is -2.13.